The molecule has 0 aromatic carbocycles. The van der Waals surface area contributed by atoms with E-state index in [0.717, 1.165) is 43.3 Å². The molecule has 0 spiro atoms. The molecule has 0 unspecified atom stereocenters. The topological polar surface area (TPSA) is 96.9 Å². The molecular formula is C14H21ClN6O2. The number of halogens is 1. The molecule has 0 radical (unpaired) electrons. The fourth-order valence-electron chi connectivity index (χ4n) is 2.47. The van der Waals surface area contributed by atoms with Crippen LogP contribution in [-0.2, 0) is 30.9 Å². The molecule has 2 aromatic heterocycles. The largest absolute Gasteiger partial charge is 0.378 e. The third kappa shape index (κ3) is 4.31. The average Bonchev–Trinajstić information content (AvgIpc) is 3.07. The molecule has 3 rings (SSSR count). The summed E-state index contributed by atoms with van der Waals surface area (Å²) >= 11 is 0. The van der Waals surface area contributed by atoms with Crippen molar-refractivity contribution in [3.8, 4) is 0 Å². The van der Waals surface area contributed by atoms with Crippen molar-refractivity contribution in [2.75, 3.05) is 20.2 Å². The van der Waals surface area contributed by atoms with Crippen LogP contribution < -0.4 is 10.6 Å². The number of fused-ring (bicyclic) bond motifs is 1. The normalized spacial score (nSPS) is 13.8. The van der Waals surface area contributed by atoms with E-state index >= 15 is 0 Å². The van der Waals surface area contributed by atoms with Crippen molar-refractivity contribution in [1.82, 2.24) is 30.4 Å². The van der Waals surface area contributed by atoms with Crippen LogP contribution in [0.1, 0.15) is 27.7 Å². The Balaban J connectivity index is 0.00000192. The van der Waals surface area contributed by atoms with Gasteiger partial charge in [0.25, 0.3) is 5.91 Å². The lowest BCUT2D eigenvalue weighted by molar-refractivity contribution is 0.0945. The number of hydrogen-bond donors (Lipinski definition) is 3. The van der Waals surface area contributed by atoms with Gasteiger partial charge in [-0.1, -0.05) is 0 Å². The molecule has 1 amide bonds. The first-order chi connectivity index (χ1) is 10.8. The van der Waals surface area contributed by atoms with Crippen molar-refractivity contribution in [3.05, 3.63) is 35.2 Å². The Hall–Kier alpha value is -1.90. The van der Waals surface area contributed by atoms with Crippen molar-refractivity contribution < 1.29 is 9.53 Å². The van der Waals surface area contributed by atoms with E-state index in [2.05, 4.69) is 25.8 Å². The first-order valence-corrected chi connectivity index (χ1v) is 7.33. The van der Waals surface area contributed by atoms with Crippen LogP contribution >= 0.6 is 12.4 Å². The van der Waals surface area contributed by atoms with Gasteiger partial charge in [0.15, 0.2) is 0 Å². The summed E-state index contributed by atoms with van der Waals surface area (Å²) in [6.07, 6.45) is 2.66. The van der Waals surface area contributed by atoms with E-state index in [1.807, 2.05) is 16.8 Å². The number of aromatic amines is 1. The van der Waals surface area contributed by atoms with Gasteiger partial charge >= 0.3 is 0 Å². The van der Waals surface area contributed by atoms with Gasteiger partial charge in [-0.15, -0.1) is 12.4 Å². The van der Waals surface area contributed by atoms with Gasteiger partial charge in [-0.3, -0.25) is 9.89 Å². The summed E-state index contributed by atoms with van der Waals surface area (Å²) in [5.74, 6) is 0.787. The molecule has 2 aromatic rings. The van der Waals surface area contributed by atoms with Crippen molar-refractivity contribution in [2.45, 2.75) is 26.1 Å². The number of imidazole rings is 1. The van der Waals surface area contributed by atoms with Gasteiger partial charge in [0.05, 0.1) is 24.5 Å². The van der Waals surface area contributed by atoms with Crippen molar-refractivity contribution in [1.29, 1.82) is 0 Å². The first-order valence-electron chi connectivity index (χ1n) is 7.33. The van der Waals surface area contributed by atoms with Gasteiger partial charge in [0, 0.05) is 39.4 Å². The number of nitrogens with zero attached hydrogens (tertiary/aromatic N) is 3. The summed E-state index contributed by atoms with van der Waals surface area (Å²) in [7, 11) is 1.62. The second-order valence-corrected chi connectivity index (χ2v) is 5.24. The highest BCUT2D eigenvalue weighted by atomic mass is 35.5. The molecular weight excluding hydrogens is 320 g/mol. The summed E-state index contributed by atoms with van der Waals surface area (Å²) in [6.45, 7) is 3.48. The summed E-state index contributed by atoms with van der Waals surface area (Å²) < 4.78 is 7.05. The maximum Gasteiger partial charge on any atom is 0.271 e. The highest BCUT2D eigenvalue weighted by molar-refractivity contribution is 5.92. The number of ether oxygens (including phenoxy) is 1. The number of carbonyl (C=O) groups is 1. The van der Waals surface area contributed by atoms with E-state index in [4.69, 9.17) is 4.74 Å². The summed E-state index contributed by atoms with van der Waals surface area (Å²) in [5.41, 5.74) is 2.12. The van der Waals surface area contributed by atoms with Crippen LogP contribution in [-0.4, -0.2) is 45.9 Å². The van der Waals surface area contributed by atoms with Gasteiger partial charge in [-0.25, -0.2) is 4.98 Å². The summed E-state index contributed by atoms with van der Waals surface area (Å²) in [6, 6.07) is 1.87. The fraction of sp³-hybridized carbons (Fsp3) is 0.500. The fourth-order valence-corrected chi connectivity index (χ4v) is 2.47. The lowest BCUT2D eigenvalue weighted by Gasteiger charge is -2.01. The molecule has 1 aliphatic rings. The molecule has 1 aliphatic heterocycles. The van der Waals surface area contributed by atoms with E-state index in [0.29, 0.717) is 18.8 Å². The van der Waals surface area contributed by atoms with Crippen molar-refractivity contribution in [2.24, 2.45) is 0 Å². The molecule has 8 nitrogen and oxygen atoms in total. The van der Waals surface area contributed by atoms with E-state index in [1.165, 1.54) is 0 Å². The maximum atomic E-state index is 12.2. The van der Waals surface area contributed by atoms with Gasteiger partial charge in [-0.05, 0) is 6.07 Å². The van der Waals surface area contributed by atoms with Crippen LogP contribution in [0.2, 0.25) is 0 Å². The molecule has 23 heavy (non-hydrogen) atoms. The highest BCUT2D eigenvalue weighted by Gasteiger charge is 2.15. The first kappa shape index (κ1) is 17.5. The third-order valence-corrected chi connectivity index (χ3v) is 3.56. The number of nitrogens with one attached hydrogen (secondary N) is 3. The van der Waals surface area contributed by atoms with Gasteiger partial charge in [0.1, 0.15) is 11.5 Å². The minimum absolute atomic E-state index is 0. The number of hydrogen-bond acceptors (Lipinski definition) is 5. The van der Waals surface area contributed by atoms with Crippen LogP contribution in [0.25, 0.3) is 0 Å². The molecule has 0 atom stereocenters. The molecule has 0 aliphatic carbocycles. The molecule has 126 valence electrons. The number of carbonyl (C=O) groups excluding carboxylic acids is 1. The number of H-pyrrole nitrogens is 1. The number of aromatic nitrogens is 4. The smallest absolute Gasteiger partial charge is 0.271 e. The zero-order valence-corrected chi connectivity index (χ0v) is 13.8. The molecule has 9 heteroatoms. The predicted molar refractivity (Wildman–Crippen MR) is 86.5 cm³/mol. The zero-order valence-electron chi connectivity index (χ0n) is 13.0. The van der Waals surface area contributed by atoms with E-state index in [1.54, 1.807) is 7.11 Å². The second kappa shape index (κ2) is 8.09. The Labute approximate surface area is 140 Å². The summed E-state index contributed by atoms with van der Waals surface area (Å²) in [4.78, 5) is 16.6. The Kier molecular flexibility index (Phi) is 6.14. The molecule has 0 saturated heterocycles. The number of amides is 1. The van der Waals surface area contributed by atoms with Crippen LogP contribution in [0.5, 0.6) is 0 Å². The molecule has 3 N–H and O–H groups in total. The molecule has 0 bridgehead atoms. The maximum absolute atomic E-state index is 12.2. The number of methoxy groups -OCH3 is 1. The molecule has 0 fully saturated rings. The average molecular weight is 341 g/mol. The minimum Gasteiger partial charge on any atom is -0.378 e. The highest BCUT2D eigenvalue weighted by Crippen LogP contribution is 2.07. The number of rotatable bonds is 5. The minimum atomic E-state index is -0.170. The molecule has 0 saturated carbocycles. The zero-order chi connectivity index (χ0) is 15.4. The van der Waals surface area contributed by atoms with Crippen LogP contribution in [0.4, 0.5) is 0 Å². The quantitative estimate of drug-likeness (QED) is 0.725. The van der Waals surface area contributed by atoms with Crippen LogP contribution in [0.3, 0.4) is 0 Å². The van der Waals surface area contributed by atoms with E-state index in [9.17, 15) is 4.79 Å². The second-order valence-electron chi connectivity index (χ2n) is 5.24. The lowest BCUT2D eigenvalue weighted by atomic mass is 10.3. The SMILES string of the molecule is COCc1cc(CNC(=O)c2cn3c(n2)CCNCC3)[nH]n1.Cl. The summed E-state index contributed by atoms with van der Waals surface area (Å²) in [5, 5.41) is 13.1. The van der Waals surface area contributed by atoms with Crippen molar-refractivity contribution >= 4 is 18.3 Å². The van der Waals surface area contributed by atoms with E-state index in [-0.39, 0.29) is 18.3 Å². The van der Waals surface area contributed by atoms with Gasteiger partial charge in [-0.2, -0.15) is 5.10 Å². The van der Waals surface area contributed by atoms with Crippen LogP contribution in [0.15, 0.2) is 12.3 Å². The predicted octanol–water partition coefficient (Wildman–Crippen LogP) is 0.250. The van der Waals surface area contributed by atoms with E-state index < -0.39 is 0 Å². The van der Waals surface area contributed by atoms with Gasteiger partial charge in [0.2, 0.25) is 0 Å². The van der Waals surface area contributed by atoms with Crippen LogP contribution in [0, 0.1) is 0 Å². The Morgan fingerprint density at radius 3 is 3.17 bits per heavy atom. The Morgan fingerprint density at radius 2 is 2.35 bits per heavy atom. The van der Waals surface area contributed by atoms with Crippen molar-refractivity contribution in [3.63, 3.8) is 0 Å². The third-order valence-electron chi connectivity index (χ3n) is 3.56. The lowest BCUT2D eigenvalue weighted by Crippen LogP contribution is -2.23. The monoisotopic (exact) mass is 340 g/mol. The Bertz CT molecular complexity index is 630. The Morgan fingerprint density at radius 1 is 1.48 bits per heavy atom. The standard InChI is InChI=1S/C14H20N6O2.ClH/c1-22-9-11-6-10(18-19-11)7-16-14(21)12-8-20-5-4-15-3-2-13(20)17-12;/h6,8,15H,2-5,7,9H2,1H3,(H,16,21)(H,18,19);1H. The van der Waals surface area contributed by atoms with Gasteiger partial charge < -0.3 is 19.9 Å². The molecule has 3 heterocycles.